The first-order valence-corrected chi connectivity index (χ1v) is 6.50. The van der Waals surface area contributed by atoms with Crippen LogP contribution in [0.4, 0.5) is 0 Å². The first-order valence-electron chi connectivity index (χ1n) is 6.50. The van der Waals surface area contributed by atoms with Crippen molar-refractivity contribution in [3.63, 3.8) is 0 Å². The Morgan fingerprint density at radius 2 is 1.83 bits per heavy atom. The lowest BCUT2D eigenvalue weighted by molar-refractivity contribution is -0.144. The molecule has 0 spiro atoms. The number of hydrogen-bond acceptors (Lipinski definition) is 2. The normalized spacial score (nSPS) is 20.4. The van der Waals surface area contributed by atoms with E-state index in [0.717, 1.165) is 24.8 Å². The predicted octanol–water partition coefficient (Wildman–Crippen LogP) is 3.65. The summed E-state index contributed by atoms with van der Waals surface area (Å²) in [4.78, 5) is 12.0. The van der Waals surface area contributed by atoms with Crippen LogP contribution in [0, 0.1) is 0 Å². The van der Waals surface area contributed by atoms with Crippen molar-refractivity contribution in [3.05, 3.63) is 48.0 Å². The minimum Gasteiger partial charge on any atom is -0.465 e. The molecule has 1 saturated heterocycles. The minimum atomic E-state index is -0.0985. The highest BCUT2D eigenvalue weighted by molar-refractivity contribution is 5.91. The van der Waals surface area contributed by atoms with Crippen LogP contribution in [0.15, 0.2) is 42.5 Å². The van der Waals surface area contributed by atoms with E-state index in [4.69, 9.17) is 4.74 Å². The molecular formula is C16H16O2. The Balaban J connectivity index is 2.10. The summed E-state index contributed by atoms with van der Waals surface area (Å²) < 4.78 is 5.28. The van der Waals surface area contributed by atoms with Gasteiger partial charge in [-0.05, 0) is 35.6 Å². The van der Waals surface area contributed by atoms with Gasteiger partial charge >= 0.3 is 5.97 Å². The second kappa shape index (κ2) is 4.81. The highest BCUT2D eigenvalue weighted by Gasteiger charge is 2.25. The summed E-state index contributed by atoms with van der Waals surface area (Å²) in [5, 5.41) is 2.36. The average Bonchev–Trinajstić information content (AvgIpc) is 2.63. The minimum absolute atomic E-state index is 0.0659. The van der Waals surface area contributed by atoms with Crippen molar-refractivity contribution in [1.29, 1.82) is 0 Å². The van der Waals surface area contributed by atoms with Gasteiger partial charge in [-0.1, -0.05) is 42.5 Å². The number of esters is 1. The van der Waals surface area contributed by atoms with Crippen LogP contribution < -0.4 is 0 Å². The van der Waals surface area contributed by atoms with Crippen molar-refractivity contribution in [2.45, 2.75) is 25.2 Å². The number of ether oxygens (including phenoxy) is 1. The second-order valence-corrected chi connectivity index (χ2v) is 4.78. The van der Waals surface area contributed by atoms with Crippen molar-refractivity contribution < 1.29 is 9.53 Å². The molecule has 0 amide bonds. The van der Waals surface area contributed by atoms with Crippen LogP contribution in [0.3, 0.4) is 0 Å². The van der Waals surface area contributed by atoms with Crippen LogP contribution in [0.2, 0.25) is 0 Å². The van der Waals surface area contributed by atoms with Gasteiger partial charge in [0.2, 0.25) is 0 Å². The molecule has 0 saturated carbocycles. The number of cyclic esters (lactones) is 1. The average molecular weight is 240 g/mol. The molecule has 0 aromatic heterocycles. The van der Waals surface area contributed by atoms with E-state index in [1.807, 2.05) is 18.2 Å². The van der Waals surface area contributed by atoms with E-state index < -0.39 is 0 Å². The second-order valence-electron chi connectivity index (χ2n) is 4.78. The van der Waals surface area contributed by atoms with Crippen LogP contribution in [-0.2, 0) is 9.53 Å². The lowest BCUT2D eigenvalue weighted by Gasteiger charge is -2.15. The molecule has 3 rings (SSSR count). The third-order valence-corrected chi connectivity index (χ3v) is 3.61. The van der Waals surface area contributed by atoms with E-state index >= 15 is 0 Å². The standard InChI is InChI=1S/C16H16O2/c17-16-15(9-3-4-11-18-16)14-10-5-7-12-6-1-2-8-13(12)14/h1-2,5-8,10,15H,3-4,9,11H2. The van der Waals surface area contributed by atoms with E-state index in [2.05, 4.69) is 24.3 Å². The maximum absolute atomic E-state index is 12.0. The van der Waals surface area contributed by atoms with Crippen LogP contribution >= 0.6 is 0 Å². The Morgan fingerprint density at radius 3 is 2.78 bits per heavy atom. The lowest BCUT2D eigenvalue weighted by atomic mass is 9.90. The first kappa shape index (κ1) is 11.3. The van der Waals surface area contributed by atoms with Crippen molar-refractivity contribution in [2.75, 3.05) is 6.61 Å². The fourth-order valence-electron chi connectivity index (χ4n) is 2.68. The molecule has 1 unspecified atom stereocenters. The zero-order valence-corrected chi connectivity index (χ0v) is 10.3. The van der Waals surface area contributed by atoms with Crippen LogP contribution in [0.5, 0.6) is 0 Å². The molecule has 0 N–H and O–H groups in total. The fraction of sp³-hybridized carbons (Fsp3) is 0.312. The highest BCUT2D eigenvalue weighted by atomic mass is 16.5. The molecule has 1 aliphatic rings. The SMILES string of the molecule is O=C1OCCCCC1c1cccc2ccccc12. The van der Waals surface area contributed by atoms with Crippen molar-refractivity contribution in [3.8, 4) is 0 Å². The Labute approximate surface area is 107 Å². The quantitative estimate of drug-likeness (QED) is 0.711. The Bertz CT molecular complexity index is 569. The van der Waals surface area contributed by atoms with E-state index in [1.54, 1.807) is 0 Å². The summed E-state index contributed by atoms with van der Waals surface area (Å²) in [5.41, 5.74) is 1.11. The van der Waals surface area contributed by atoms with Gasteiger partial charge in [0.25, 0.3) is 0 Å². The van der Waals surface area contributed by atoms with Gasteiger partial charge in [0, 0.05) is 0 Å². The predicted molar refractivity (Wildman–Crippen MR) is 71.5 cm³/mol. The largest absolute Gasteiger partial charge is 0.465 e. The third-order valence-electron chi connectivity index (χ3n) is 3.61. The molecular weight excluding hydrogens is 224 g/mol. The number of fused-ring (bicyclic) bond motifs is 1. The number of carbonyl (C=O) groups excluding carboxylic acids is 1. The maximum atomic E-state index is 12.0. The van der Waals surface area contributed by atoms with E-state index in [9.17, 15) is 4.79 Å². The molecule has 92 valence electrons. The van der Waals surface area contributed by atoms with Gasteiger partial charge in [-0.15, -0.1) is 0 Å². The van der Waals surface area contributed by atoms with Gasteiger partial charge in [-0.2, -0.15) is 0 Å². The smallest absolute Gasteiger partial charge is 0.313 e. The van der Waals surface area contributed by atoms with E-state index in [1.165, 1.54) is 10.8 Å². The summed E-state index contributed by atoms with van der Waals surface area (Å²) in [5.74, 6) is -0.164. The molecule has 0 bridgehead atoms. The lowest BCUT2D eigenvalue weighted by Crippen LogP contribution is -2.14. The van der Waals surface area contributed by atoms with Crippen molar-refractivity contribution in [1.82, 2.24) is 0 Å². The molecule has 0 aliphatic carbocycles. The fourth-order valence-corrected chi connectivity index (χ4v) is 2.68. The van der Waals surface area contributed by atoms with E-state index in [-0.39, 0.29) is 11.9 Å². The number of hydrogen-bond donors (Lipinski definition) is 0. The number of carbonyl (C=O) groups is 1. The zero-order chi connectivity index (χ0) is 12.4. The topological polar surface area (TPSA) is 26.3 Å². The van der Waals surface area contributed by atoms with Crippen LogP contribution in [0.1, 0.15) is 30.7 Å². The monoisotopic (exact) mass is 240 g/mol. The Morgan fingerprint density at radius 1 is 1.00 bits per heavy atom. The van der Waals surface area contributed by atoms with Crippen molar-refractivity contribution >= 4 is 16.7 Å². The van der Waals surface area contributed by atoms with Crippen molar-refractivity contribution in [2.24, 2.45) is 0 Å². The van der Waals surface area contributed by atoms with Gasteiger partial charge in [-0.3, -0.25) is 4.79 Å². The van der Waals surface area contributed by atoms with E-state index in [0.29, 0.717) is 6.61 Å². The molecule has 2 aromatic rings. The van der Waals surface area contributed by atoms with Gasteiger partial charge in [0.15, 0.2) is 0 Å². The number of benzene rings is 2. The molecule has 1 atom stereocenters. The molecule has 2 heteroatoms. The molecule has 0 radical (unpaired) electrons. The molecule has 1 aliphatic heterocycles. The third kappa shape index (κ3) is 1.99. The summed E-state index contributed by atoms with van der Waals surface area (Å²) in [6.07, 6.45) is 2.93. The molecule has 2 aromatic carbocycles. The van der Waals surface area contributed by atoms with Gasteiger partial charge in [0.05, 0.1) is 12.5 Å². The zero-order valence-electron chi connectivity index (χ0n) is 10.3. The van der Waals surface area contributed by atoms with Gasteiger partial charge in [0.1, 0.15) is 0 Å². The van der Waals surface area contributed by atoms with Gasteiger partial charge in [-0.25, -0.2) is 0 Å². The molecule has 1 heterocycles. The van der Waals surface area contributed by atoms with Gasteiger partial charge < -0.3 is 4.74 Å². The first-order chi connectivity index (χ1) is 8.86. The summed E-state index contributed by atoms with van der Waals surface area (Å²) >= 11 is 0. The van der Waals surface area contributed by atoms with Crippen LogP contribution in [-0.4, -0.2) is 12.6 Å². The molecule has 1 fully saturated rings. The molecule has 18 heavy (non-hydrogen) atoms. The Kier molecular flexibility index (Phi) is 3.01. The maximum Gasteiger partial charge on any atom is 0.313 e. The number of rotatable bonds is 1. The highest BCUT2D eigenvalue weighted by Crippen LogP contribution is 2.31. The summed E-state index contributed by atoms with van der Waals surface area (Å²) in [6.45, 7) is 0.570. The Hall–Kier alpha value is -1.83. The summed E-state index contributed by atoms with van der Waals surface area (Å²) in [6, 6.07) is 14.4. The molecule has 2 nitrogen and oxygen atoms in total. The van der Waals surface area contributed by atoms with Crippen LogP contribution in [0.25, 0.3) is 10.8 Å². The summed E-state index contributed by atoms with van der Waals surface area (Å²) in [7, 11) is 0.